The zero-order valence-electron chi connectivity index (χ0n) is 13.2. The molecule has 1 aromatic carbocycles. The lowest BCUT2D eigenvalue weighted by atomic mass is 10.2. The Kier molecular flexibility index (Phi) is 7.43. The average Bonchev–Trinajstić information content (AvgIpc) is 2.44. The van der Waals surface area contributed by atoms with E-state index in [4.69, 9.17) is 10.5 Å². The van der Waals surface area contributed by atoms with E-state index in [2.05, 4.69) is 17.6 Å². The van der Waals surface area contributed by atoms with E-state index in [1.54, 1.807) is 6.07 Å². The number of rotatable bonds is 9. The molecule has 21 heavy (non-hydrogen) atoms. The number of carbonyl (C=O) groups excluding carboxylic acids is 1. The second kappa shape index (κ2) is 9.10. The summed E-state index contributed by atoms with van der Waals surface area (Å²) < 4.78 is 5.57. The lowest BCUT2D eigenvalue weighted by Gasteiger charge is -2.13. The predicted octanol–water partition coefficient (Wildman–Crippen LogP) is 2.77. The fourth-order valence-corrected chi connectivity index (χ4v) is 1.80. The van der Waals surface area contributed by atoms with Crippen LogP contribution in [0.15, 0.2) is 18.2 Å². The second-order valence-electron chi connectivity index (χ2n) is 5.19. The number of ether oxygens (including phenoxy) is 1. The van der Waals surface area contributed by atoms with Crippen LogP contribution in [0.1, 0.15) is 40.0 Å². The van der Waals surface area contributed by atoms with Gasteiger partial charge in [-0.15, -0.1) is 0 Å². The summed E-state index contributed by atoms with van der Waals surface area (Å²) in [5, 5.41) is 6.14. The molecule has 1 rings (SSSR count). The molecule has 0 aromatic heterocycles. The van der Waals surface area contributed by atoms with Crippen molar-refractivity contribution in [2.75, 3.05) is 24.2 Å². The number of nitrogens with two attached hydrogens (primary N) is 1. The van der Waals surface area contributed by atoms with Crippen molar-refractivity contribution in [3.8, 4) is 5.75 Å². The first kappa shape index (κ1) is 17.1. The van der Waals surface area contributed by atoms with Crippen LogP contribution in [0.3, 0.4) is 0 Å². The highest BCUT2D eigenvalue weighted by molar-refractivity contribution is 5.76. The van der Waals surface area contributed by atoms with Gasteiger partial charge in [0.05, 0.1) is 6.61 Å². The number of hydrogen-bond acceptors (Lipinski definition) is 4. The molecule has 0 saturated heterocycles. The van der Waals surface area contributed by atoms with E-state index in [9.17, 15) is 4.79 Å². The molecule has 1 aromatic rings. The third kappa shape index (κ3) is 6.88. The van der Waals surface area contributed by atoms with Gasteiger partial charge in [-0.3, -0.25) is 4.79 Å². The predicted molar refractivity (Wildman–Crippen MR) is 87.6 cm³/mol. The number of amides is 1. The van der Waals surface area contributed by atoms with Crippen molar-refractivity contribution in [3.05, 3.63) is 18.2 Å². The number of benzene rings is 1. The smallest absolute Gasteiger partial charge is 0.221 e. The Balaban J connectivity index is 2.44. The second-order valence-corrected chi connectivity index (χ2v) is 5.19. The molecule has 0 aliphatic heterocycles. The Morgan fingerprint density at radius 2 is 2.10 bits per heavy atom. The molecular weight excluding hydrogens is 266 g/mol. The summed E-state index contributed by atoms with van der Waals surface area (Å²) in [4.78, 5) is 11.7. The Morgan fingerprint density at radius 3 is 2.76 bits per heavy atom. The van der Waals surface area contributed by atoms with E-state index in [0.717, 1.165) is 24.3 Å². The zero-order valence-corrected chi connectivity index (χ0v) is 13.2. The molecule has 118 valence electrons. The van der Waals surface area contributed by atoms with Crippen molar-refractivity contribution in [1.82, 2.24) is 5.32 Å². The summed E-state index contributed by atoms with van der Waals surface area (Å²) in [6, 6.07) is 5.76. The summed E-state index contributed by atoms with van der Waals surface area (Å²) in [7, 11) is 0. The van der Waals surface area contributed by atoms with Crippen molar-refractivity contribution in [2.24, 2.45) is 0 Å². The first-order valence-electron chi connectivity index (χ1n) is 7.61. The molecule has 5 nitrogen and oxygen atoms in total. The largest absolute Gasteiger partial charge is 0.493 e. The molecule has 0 radical (unpaired) electrons. The quantitative estimate of drug-likeness (QED) is 0.612. The van der Waals surface area contributed by atoms with Gasteiger partial charge in [-0.1, -0.05) is 13.8 Å². The SMILES string of the molecule is CCCOc1cc(N)cc(NCCC(=O)NC(C)CC)c1. The minimum absolute atomic E-state index is 0.0585. The Bertz CT molecular complexity index is 449. The van der Waals surface area contributed by atoms with Crippen LogP contribution in [0.25, 0.3) is 0 Å². The monoisotopic (exact) mass is 293 g/mol. The van der Waals surface area contributed by atoms with Gasteiger partial charge in [-0.05, 0) is 25.8 Å². The van der Waals surface area contributed by atoms with Crippen molar-refractivity contribution in [3.63, 3.8) is 0 Å². The molecule has 0 saturated carbocycles. The highest BCUT2D eigenvalue weighted by atomic mass is 16.5. The first-order valence-corrected chi connectivity index (χ1v) is 7.61. The van der Waals surface area contributed by atoms with Crippen molar-refractivity contribution in [1.29, 1.82) is 0 Å². The van der Waals surface area contributed by atoms with Gasteiger partial charge in [0.25, 0.3) is 0 Å². The molecule has 1 atom stereocenters. The van der Waals surface area contributed by atoms with Crippen molar-refractivity contribution >= 4 is 17.3 Å². The molecule has 1 amide bonds. The topological polar surface area (TPSA) is 76.4 Å². The van der Waals surface area contributed by atoms with Crippen molar-refractivity contribution in [2.45, 2.75) is 46.1 Å². The van der Waals surface area contributed by atoms with Crippen LogP contribution in [0, 0.1) is 0 Å². The van der Waals surface area contributed by atoms with Crippen LogP contribution in [0.2, 0.25) is 0 Å². The van der Waals surface area contributed by atoms with Gasteiger partial charge in [-0.2, -0.15) is 0 Å². The molecule has 0 heterocycles. The van der Waals surface area contributed by atoms with Gasteiger partial charge in [0.1, 0.15) is 5.75 Å². The summed E-state index contributed by atoms with van der Waals surface area (Å²) in [6.45, 7) is 7.34. The maximum absolute atomic E-state index is 11.7. The maximum Gasteiger partial charge on any atom is 0.221 e. The van der Waals surface area contributed by atoms with Crippen LogP contribution >= 0.6 is 0 Å². The molecule has 0 aliphatic rings. The van der Waals surface area contributed by atoms with E-state index in [-0.39, 0.29) is 11.9 Å². The van der Waals surface area contributed by atoms with Gasteiger partial charge in [0.2, 0.25) is 5.91 Å². The van der Waals surface area contributed by atoms with Crippen LogP contribution in [-0.4, -0.2) is 25.1 Å². The number of nitrogens with one attached hydrogen (secondary N) is 2. The fourth-order valence-electron chi connectivity index (χ4n) is 1.80. The van der Waals surface area contributed by atoms with Crippen LogP contribution < -0.4 is 21.1 Å². The molecule has 5 heteroatoms. The third-order valence-corrected chi connectivity index (χ3v) is 3.10. The molecular formula is C16H27N3O2. The third-order valence-electron chi connectivity index (χ3n) is 3.10. The lowest BCUT2D eigenvalue weighted by Crippen LogP contribution is -2.32. The lowest BCUT2D eigenvalue weighted by molar-refractivity contribution is -0.121. The minimum atomic E-state index is 0.0585. The highest BCUT2D eigenvalue weighted by Crippen LogP contribution is 2.22. The Morgan fingerprint density at radius 1 is 1.33 bits per heavy atom. The number of anilines is 2. The number of nitrogen functional groups attached to an aromatic ring is 1. The minimum Gasteiger partial charge on any atom is -0.493 e. The normalized spacial score (nSPS) is 11.8. The number of hydrogen-bond donors (Lipinski definition) is 3. The van der Waals surface area contributed by atoms with Gasteiger partial charge < -0.3 is 21.1 Å². The zero-order chi connectivity index (χ0) is 15.7. The van der Waals surface area contributed by atoms with Crippen molar-refractivity contribution < 1.29 is 9.53 Å². The molecule has 0 spiro atoms. The van der Waals surface area contributed by atoms with Crippen LogP contribution in [-0.2, 0) is 4.79 Å². The molecule has 4 N–H and O–H groups in total. The van der Waals surface area contributed by atoms with E-state index in [0.29, 0.717) is 25.3 Å². The first-order chi connectivity index (χ1) is 10.0. The van der Waals surface area contributed by atoms with Gasteiger partial charge >= 0.3 is 0 Å². The van der Waals surface area contributed by atoms with E-state index in [1.807, 2.05) is 26.0 Å². The Labute approximate surface area is 127 Å². The summed E-state index contributed by atoms with van der Waals surface area (Å²) >= 11 is 0. The van der Waals surface area contributed by atoms with E-state index >= 15 is 0 Å². The molecule has 0 bridgehead atoms. The van der Waals surface area contributed by atoms with E-state index in [1.165, 1.54) is 0 Å². The van der Waals surface area contributed by atoms with Gasteiger partial charge in [0, 0.05) is 42.5 Å². The Hall–Kier alpha value is -1.91. The summed E-state index contributed by atoms with van der Waals surface area (Å²) in [5.41, 5.74) is 7.37. The van der Waals surface area contributed by atoms with E-state index < -0.39 is 0 Å². The molecule has 0 fully saturated rings. The van der Waals surface area contributed by atoms with Crippen LogP contribution in [0.5, 0.6) is 5.75 Å². The highest BCUT2D eigenvalue weighted by Gasteiger charge is 2.05. The van der Waals surface area contributed by atoms with Gasteiger partial charge in [-0.25, -0.2) is 0 Å². The van der Waals surface area contributed by atoms with Crippen LogP contribution in [0.4, 0.5) is 11.4 Å². The van der Waals surface area contributed by atoms with Gasteiger partial charge in [0.15, 0.2) is 0 Å². The maximum atomic E-state index is 11.7. The fraction of sp³-hybridized carbons (Fsp3) is 0.562. The summed E-state index contributed by atoms with van der Waals surface area (Å²) in [6.07, 6.45) is 2.32. The number of carbonyl (C=O) groups is 1. The standard InChI is InChI=1S/C16H27N3O2/c1-4-8-21-15-10-13(17)9-14(11-15)18-7-6-16(20)19-12(3)5-2/h9-12,18H,4-8,17H2,1-3H3,(H,19,20). The summed E-state index contributed by atoms with van der Waals surface area (Å²) in [5.74, 6) is 0.812. The average molecular weight is 293 g/mol. The molecule has 0 aliphatic carbocycles. The molecule has 1 unspecified atom stereocenters.